The average molecular weight is 367 g/mol. The van der Waals surface area contributed by atoms with E-state index in [0.717, 1.165) is 31.2 Å². The van der Waals surface area contributed by atoms with Gasteiger partial charge in [-0.15, -0.1) is 0 Å². The highest BCUT2D eigenvalue weighted by Gasteiger charge is 2.52. The molecule has 4 bridgehead atoms. The van der Waals surface area contributed by atoms with Crippen LogP contribution in [0.5, 0.6) is 0 Å². The monoisotopic (exact) mass is 366 g/mol. The topological polar surface area (TPSA) is 67.4 Å². The molecule has 2 unspecified atom stereocenters. The zero-order valence-electron chi connectivity index (χ0n) is 13.6. The number of nitrogens with one attached hydrogen (secondary N) is 2. The van der Waals surface area contributed by atoms with E-state index in [1.165, 1.54) is 6.42 Å². The van der Waals surface area contributed by atoms with Crippen molar-refractivity contribution >= 4 is 27.4 Å². The van der Waals surface area contributed by atoms with Crippen molar-refractivity contribution in [2.24, 2.45) is 11.8 Å². The van der Waals surface area contributed by atoms with E-state index in [1.54, 1.807) is 24.3 Å². The van der Waals surface area contributed by atoms with Crippen molar-refractivity contribution in [1.82, 2.24) is 10.0 Å². The van der Waals surface area contributed by atoms with Crippen LogP contribution in [0.25, 0.3) is 0 Å². The molecule has 2 saturated carbocycles. The van der Waals surface area contributed by atoms with Gasteiger partial charge in [0.1, 0.15) is 5.72 Å². The molecule has 5 rings (SSSR count). The third-order valence-electron chi connectivity index (χ3n) is 5.39. The molecule has 2 aliphatic carbocycles. The molecule has 4 aliphatic rings. The maximum Gasteiger partial charge on any atom is 0.263 e. The van der Waals surface area contributed by atoms with Gasteiger partial charge in [-0.3, -0.25) is 4.72 Å². The van der Waals surface area contributed by atoms with Gasteiger partial charge in [-0.1, -0.05) is 17.7 Å². The van der Waals surface area contributed by atoms with Gasteiger partial charge >= 0.3 is 0 Å². The Morgan fingerprint density at radius 1 is 1.17 bits per heavy atom. The zero-order valence-corrected chi connectivity index (χ0v) is 15.3. The molecule has 2 atom stereocenters. The van der Waals surface area contributed by atoms with Crippen LogP contribution in [0.4, 0.5) is 0 Å². The summed E-state index contributed by atoms with van der Waals surface area (Å²) < 4.78 is 33.6. The summed E-state index contributed by atoms with van der Waals surface area (Å²) in [6, 6.07) is 6.71. The minimum absolute atomic E-state index is 0.123. The lowest BCUT2D eigenvalue weighted by atomic mass is 9.65. The molecule has 0 radical (unpaired) electrons. The first-order chi connectivity index (χ1) is 11.3. The number of benzene rings is 1. The second kappa shape index (κ2) is 5.68. The summed E-state index contributed by atoms with van der Waals surface area (Å²) in [5.74, 6) is 1.33. The lowest BCUT2D eigenvalue weighted by Gasteiger charge is -2.56. The molecule has 130 valence electrons. The Balaban J connectivity index is 1.46. The fraction of sp³-hybridized carbons (Fsp3) is 0.588. The number of thiocarbonyl (C=S) groups is 1. The van der Waals surface area contributed by atoms with E-state index in [4.69, 9.17) is 17.0 Å². The molecule has 0 amide bonds. The van der Waals surface area contributed by atoms with Crippen LogP contribution in [-0.2, 0) is 14.8 Å². The first-order valence-corrected chi connectivity index (χ1v) is 10.3. The number of rotatable bonds is 3. The van der Waals surface area contributed by atoms with E-state index < -0.39 is 15.7 Å². The molecule has 24 heavy (non-hydrogen) atoms. The minimum atomic E-state index is -3.67. The molecule has 0 spiro atoms. The standard InChI is InChI=1S/C17H22N2O3S2/c1-11-2-4-15(5-3-11)24(20,21)19-16(23)18-17-9-12-6-13(10-17)8-14(7-12)22-17/h2-5,12-14H,6-10H2,1H3,(H2,18,19,23). The first-order valence-electron chi connectivity index (χ1n) is 8.43. The van der Waals surface area contributed by atoms with Gasteiger partial charge < -0.3 is 10.1 Å². The molecule has 2 N–H and O–H groups in total. The molecule has 2 aliphatic heterocycles. The highest BCUT2D eigenvalue weighted by Crippen LogP contribution is 2.51. The van der Waals surface area contributed by atoms with Crippen LogP contribution in [-0.4, -0.2) is 25.4 Å². The smallest absolute Gasteiger partial charge is 0.263 e. The van der Waals surface area contributed by atoms with Crippen LogP contribution in [0.1, 0.15) is 37.7 Å². The molecule has 1 aromatic carbocycles. The van der Waals surface area contributed by atoms with Crippen molar-refractivity contribution in [3.05, 3.63) is 29.8 Å². The van der Waals surface area contributed by atoms with Gasteiger partial charge in [0, 0.05) is 0 Å². The summed E-state index contributed by atoms with van der Waals surface area (Å²) in [7, 11) is -3.67. The van der Waals surface area contributed by atoms with Gasteiger partial charge in [-0.25, -0.2) is 8.42 Å². The van der Waals surface area contributed by atoms with Crippen molar-refractivity contribution in [3.63, 3.8) is 0 Å². The maximum absolute atomic E-state index is 12.5. The van der Waals surface area contributed by atoms with Gasteiger partial charge in [0.15, 0.2) is 5.11 Å². The molecule has 2 heterocycles. The lowest BCUT2D eigenvalue weighted by molar-refractivity contribution is -0.226. The highest BCUT2D eigenvalue weighted by molar-refractivity contribution is 7.91. The quantitative estimate of drug-likeness (QED) is 0.805. The molecule has 0 aromatic heterocycles. The highest BCUT2D eigenvalue weighted by atomic mass is 32.2. The number of hydrogen-bond acceptors (Lipinski definition) is 4. The Bertz CT molecular complexity index is 723. The summed E-state index contributed by atoms with van der Waals surface area (Å²) in [6.45, 7) is 1.92. The van der Waals surface area contributed by atoms with Crippen LogP contribution < -0.4 is 10.0 Å². The molecular formula is C17H22N2O3S2. The van der Waals surface area contributed by atoms with Crippen molar-refractivity contribution in [1.29, 1.82) is 0 Å². The van der Waals surface area contributed by atoms with Crippen LogP contribution in [0, 0.1) is 18.8 Å². The average Bonchev–Trinajstić information content (AvgIpc) is 2.44. The SMILES string of the molecule is Cc1ccc(S(=O)(=O)NC(=S)NC23CC4CC(CC(C4)O2)C3)cc1. The Morgan fingerprint density at radius 3 is 2.38 bits per heavy atom. The van der Waals surface area contributed by atoms with Gasteiger partial charge in [0.2, 0.25) is 0 Å². The number of hydrogen-bond donors (Lipinski definition) is 2. The Labute approximate surface area is 148 Å². The zero-order chi connectivity index (χ0) is 16.9. The molecule has 2 saturated heterocycles. The van der Waals surface area contributed by atoms with Gasteiger partial charge in [0.05, 0.1) is 11.0 Å². The minimum Gasteiger partial charge on any atom is -0.353 e. The van der Waals surface area contributed by atoms with Crippen molar-refractivity contribution < 1.29 is 13.2 Å². The van der Waals surface area contributed by atoms with Crippen molar-refractivity contribution in [2.45, 2.75) is 55.8 Å². The molecule has 4 fully saturated rings. The summed E-state index contributed by atoms with van der Waals surface area (Å²) >= 11 is 5.28. The Hall–Kier alpha value is -1.18. The number of sulfonamides is 1. The summed E-state index contributed by atoms with van der Waals surface area (Å²) in [5.41, 5.74) is 0.526. The maximum atomic E-state index is 12.5. The second-order valence-corrected chi connectivity index (χ2v) is 9.54. The van der Waals surface area contributed by atoms with Crippen LogP contribution in [0.3, 0.4) is 0 Å². The first kappa shape index (κ1) is 16.3. The number of aryl methyl sites for hydroxylation is 1. The third-order valence-corrected chi connectivity index (χ3v) is 7.09. The summed E-state index contributed by atoms with van der Waals surface area (Å²) in [5, 5.41) is 3.30. The molecule has 5 nitrogen and oxygen atoms in total. The van der Waals surface area contributed by atoms with Gasteiger partial charge in [-0.2, -0.15) is 0 Å². The molecule has 1 aromatic rings. The van der Waals surface area contributed by atoms with Crippen LogP contribution >= 0.6 is 12.2 Å². The van der Waals surface area contributed by atoms with E-state index in [0.29, 0.717) is 17.9 Å². The van der Waals surface area contributed by atoms with Crippen LogP contribution in [0.2, 0.25) is 0 Å². The largest absolute Gasteiger partial charge is 0.353 e. The third kappa shape index (κ3) is 3.05. The van der Waals surface area contributed by atoms with Crippen LogP contribution in [0.15, 0.2) is 29.2 Å². The molecule has 7 heteroatoms. The fourth-order valence-electron chi connectivity index (χ4n) is 4.63. The summed E-state index contributed by atoms with van der Waals surface area (Å²) in [6.07, 6.45) is 5.63. The Morgan fingerprint density at radius 2 is 1.79 bits per heavy atom. The fourth-order valence-corrected chi connectivity index (χ4v) is 6.05. The van der Waals surface area contributed by atoms with E-state index in [1.807, 2.05) is 6.92 Å². The van der Waals surface area contributed by atoms with E-state index in [-0.39, 0.29) is 10.0 Å². The predicted molar refractivity (Wildman–Crippen MR) is 94.9 cm³/mol. The summed E-state index contributed by atoms with van der Waals surface area (Å²) in [4.78, 5) is 0.212. The lowest BCUT2D eigenvalue weighted by Crippen LogP contribution is -2.64. The van der Waals surface area contributed by atoms with Crippen molar-refractivity contribution in [2.75, 3.05) is 0 Å². The van der Waals surface area contributed by atoms with Gasteiger partial charge in [-0.05, 0) is 75.2 Å². The normalized spacial score (nSPS) is 34.1. The second-order valence-electron chi connectivity index (χ2n) is 7.45. The van der Waals surface area contributed by atoms with Gasteiger partial charge in [0.25, 0.3) is 10.0 Å². The predicted octanol–water partition coefficient (Wildman–Crippen LogP) is 2.45. The van der Waals surface area contributed by atoms with E-state index in [9.17, 15) is 8.42 Å². The molecular weight excluding hydrogens is 344 g/mol. The van der Waals surface area contributed by atoms with E-state index in [2.05, 4.69) is 10.0 Å². The Kier molecular flexibility index (Phi) is 3.85. The van der Waals surface area contributed by atoms with Crippen molar-refractivity contribution in [3.8, 4) is 0 Å². The van der Waals surface area contributed by atoms with E-state index >= 15 is 0 Å². The number of ether oxygens (including phenoxy) is 1.